The fraction of sp³-hybridized carbons (Fsp3) is 0.438. The lowest BCUT2D eigenvalue weighted by molar-refractivity contribution is -0.861. The van der Waals surface area contributed by atoms with E-state index in [-0.39, 0.29) is 5.52 Å². The SMILES string of the molecule is C=Cc1ccc(COCCP(O)C(=O)C[N+](C)(C)C)cc1. The molecule has 0 aliphatic heterocycles. The van der Waals surface area contributed by atoms with E-state index in [0.29, 0.717) is 30.4 Å². The summed E-state index contributed by atoms with van der Waals surface area (Å²) in [6.45, 7) is 4.95. The molecule has 1 aromatic carbocycles. The van der Waals surface area contributed by atoms with Gasteiger partial charge in [-0.2, -0.15) is 0 Å². The maximum Gasteiger partial charge on any atom is 0.235 e. The fourth-order valence-corrected chi connectivity index (χ4v) is 2.84. The van der Waals surface area contributed by atoms with Gasteiger partial charge in [-0.05, 0) is 11.1 Å². The molecular formula is C16H25NO3P+. The number of benzene rings is 1. The van der Waals surface area contributed by atoms with E-state index in [1.54, 1.807) is 6.08 Å². The highest BCUT2D eigenvalue weighted by Crippen LogP contribution is 2.31. The van der Waals surface area contributed by atoms with Crippen LogP contribution in [0.4, 0.5) is 0 Å². The number of carbonyl (C=O) groups is 1. The predicted octanol–water partition coefficient (Wildman–Crippen LogP) is 2.47. The minimum atomic E-state index is -1.59. The molecule has 1 unspecified atom stereocenters. The molecule has 0 amide bonds. The molecule has 4 nitrogen and oxygen atoms in total. The number of hydrogen-bond acceptors (Lipinski definition) is 3. The Bertz CT molecular complexity index is 465. The molecule has 116 valence electrons. The Morgan fingerprint density at radius 3 is 2.48 bits per heavy atom. The Morgan fingerprint density at radius 1 is 1.33 bits per heavy atom. The molecule has 0 bridgehead atoms. The Hall–Kier alpha value is -1.06. The highest BCUT2D eigenvalue weighted by atomic mass is 31.1. The Morgan fingerprint density at radius 2 is 1.95 bits per heavy atom. The molecular weight excluding hydrogens is 285 g/mol. The van der Waals surface area contributed by atoms with Gasteiger partial charge in [-0.15, -0.1) is 0 Å². The quantitative estimate of drug-likeness (QED) is 0.433. The van der Waals surface area contributed by atoms with E-state index in [2.05, 4.69) is 6.58 Å². The number of carbonyl (C=O) groups excluding carboxylic acids is 1. The lowest BCUT2D eigenvalue weighted by Gasteiger charge is -2.23. The van der Waals surface area contributed by atoms with E-state index in [0.717, 1.165) is 11.1 Å². The van der Waals surface area contributed by atoms with Crippen molar-refractivity contribution in [1.29, 1.82) is 0 Å². The van der Waals surface area contributed by atoms with Crippen molar-refractivity contribution in [2.24, 2.45) is 0 Å². The van der Waals surface area contributed by atoms with Crippen LogP contribution >= 0.6 is 8.15 Å². The van der Waals surface area contributed by atoms with Gasteiger partial charge in [-0.3, -0.25) is 4.79 Å². The van der Waals surface area contributed by atoms with Crippen molar-refractivity contribution >= 4 is 19.7 Å². The molecule has 1 N–H and O–H groups in total. The molecule has 5 heteroatoms. The summed E-state index contributed by atoms with van der Waals surface area (Å²) < 4.78 is 6.05. The van der Waals surface area contributed by atoms with Crippen LogP contribution in [0.25, 0.3) is 6.08 Å². The van der Waals surface area contributed by atoms with E-state index in [1.165, 1.54) is 0 Å². The van der Waals surface area contributed by atoms with Gasteiger partial charge in [0.25, 0.3) is 0 Å². The zero-order valence-electron chi connectivity index (χ0n) is 13.1. The predicted molar refractivity (Wildman–Crippen MR) is 88.1 cm³/mol. The normalized spacial score (nSPS) is 13.0. The molecule has 0 aromatic heterocycles. The number of hydrogen-bond donors (Lipinski definition) is 1. The number of quaternary nitrogens is 1. The van der Waals surface area contributed by atoms with E-state index in [4.69, 9.17) is 4.74 Å². The first-order valence-electron chi connectivity index (χ1n) is 6.90. The second-order valence-corrected chi connectivity index (χ2v) is 7.71. The van der Waals surface area contributed by atoms with Gasteiger partial charge in [-0.1, -0.05) is 36.9 Å². The van der Waals surface area contributed by atoms with Crippen LogP contribution < -0.4 is 0 Å². The lowest BCUT2D eigenvalue weighted by Crippen LogP contribution is -2.39. The summed E-state index contributed by atoms with van der Waals surface area (Å²) in [6, 6.07) is 7.94. The van der Waals surface area contributed by atoms with Crippen LogP contribution in [-0.4, -0.2) is 55.4 Å². The second-order valence-electron chi connectivity index (χ2n) is 5.96. The molecule has 21 heavy (non-hydrogen) atoms. The van der Waals surface area contributed by atoms with Crippen LogP contribution in [0, 0.1) is 0 Å². The molecule has 0 aliphatic rings. The van der Waals surface area contributed by atoms with Crippen molar-refractivity contribution in [3.8, 4) is 0 Å². The third-order valence-electron chi connectivity index (χ3n) is 2.83. The largest absolute Gasteiger partial charge is 0.376 e. The van der Waals surface area contributed by atoms with Gasteiger partial charge in [0.2, 0.25) is 5.52 Å². The van der Waals surface area contributed by atoms with Crippen LogP contribution in [0.15, 0.2) is 30.8 Å². The van der Waals surface area contributed by atoms with Crippen molar-refractivity contribution in [1.82, 2.24) is 0 Å². The van der Waals surface area contributed by atoms with Gasteiger partial charge in [0, 0.05) is 6.16 Å². The molecule has 0 radical (unpaired) electrons. The molecule has 0 heterocycles. The lowest BCUT2D eigenvalue weighted by atomic mass is 10.1. The zero-order valence-corrected chi connectivity index (χ0v) is 14.0. The van der Waals surface area contributed by atoms with Crippen molar-refractivity contribution in [2.45, 2.75) is 6.61 Å². The first kappa shape index (κ1) is 18.0. The van der Waals surface area contributed by atoms with Crippen molar-refractivity contribution < 1.29 is 18.9 Å². The summed E-state index contributed by atoms with van der Waals surface area (Å²) in [6.07, 6.45) is 2.20. The van der Waals surface area contributed by atoms with Crippen molar-refractivity contribution in [3.05, 3.63) is 42.0 Å². The van der Waals surface area contributed by atoms with Crippen LogP contribution in [-0.2, 0) is 16.1 Å². The van der Waals surface area contributed by atoms with Gasteiger partial charge in [0.05, 0.1) is 34.4 Å². The minimum Gasteiger partial charge on any atom is -0.376 e. The number of nitrogens with zero attached hydrogens (tertiary/aromatic N) is 1. The van der Waals surface area contributed by atoms with Crippen LogP contribution in [0.3, 0.4) is 0 Å². The topological polar surface area (TPSA) is 46.5 Å². The molecule has 0 fully saturated rings. The minimum absolute atomic E-state index is 0.0727. The number of ether oxygens (including phenoxy) is 1. The van der Waals surface area contributed by atoms with Gasteiger partial charge < -0.3 is 14.1 Å². The number of rotatable bonds is 9. The molecule has 0 saturated heterocycles. The average Bonchev–Trinajstić information content (AvgIpc) is 2.42. The highest BCUT2D eigenvalue weighted by Gasteiger charge is 2.22. The van der Waals surface area contributed by atoms with E-state index in [1.807, 2.05) is 45.4 Å². The van der Waals surface area contributed by atoms with Gasteiger partial charge >= 0.3 is 0 Å². The molecule has 1 rings (SSSR count). The number of likely N-dealkylation sites (N-methyl/N-ethyl adjacent to an activating group) is 1. The summed E-state index contributed by atoms with van der Waals surface area (Å²) in [7, 11) is 4.22. The van der Waals surface area contributed by atoms with E-state index < -0.39 is 8.15 Å². The van der Waals surface area contributed by atoms with Crippen molar-refractivity contribution in [2.75, 3.05) is 40.5 Å². The monoisotopic (exact) mass is 310 g/mol. The maximum atomic E-state index is 11.8. The first-order valence-corrected chi connectivity index (χ1v) is 8.38. The summed E-state index contributed by atoms with van der Waals surface area (Å²) >= 11 is 0. The summed E-state index contributed by atoms with van der Waals surface area (Å²) in [5.74, 6) is 0. The smallest absolute Gasteiger partial charge is 0.235 e. The third-order valence-corrected chi connectivity index (χ3v) is 4.15. The zero-order chi connectivity index (χ0) is 15.9. The second kappa shape index (κ2) is 8.40. The molecule has 0 aliphatic carbocycles. The van der Waals surface area contributed by atoms with Crippen LogP contribution in [0.1, 0.15) is 11.1 Å². The van der Waals surface area contributed by atoms with Gasteiger partial charge in [-0.25, -0.2) is 0 Å². The Labute approximate surface area is 128 Å². The first-order chi connectivity index (χ1) is 9.81. The van der Waals surface area contributed by atoms with Crippen molar-refractivity contribution in [3.63, 3.8) is 0 Å². The maximum absolute atomic E-state index is 11.8. The Balaban J connectivity index is 2.26. The van der Waals surface area contributed by atoms with E-state index in [9.17, 15) is 9.69 Å². The summed E-state index contributed by atoms with van der Waals surface area (Å²) in [5, 5.41) is 0. The fourth-order valence-electron chi connectivity index (χ4n) is 1.70. The van der Waals surface area contributed by atoms with Gasteiger partial charge in [0.15, 0.2) is 0 Å². The molecule has 0 spiro atoms. The standard InChI is InChI=1S/C16H25NO3P/c1-5-14-6-8-15(9-7-14)13-20-10-11-21(19)16(18)12-17(2,3)4/h5-9,19H,1,10-13H2,2-4H3/q+1. The molecule has 0 saturated carbocycles. The third kappa shape index (κ3) is 7.49. The highest BCUT2D eigenvalue weighted by molar-refractivity contribution is 7.69. The summed E-state index contributed by atoms with van der Waals surface area (Å²) in [4.78, 5) is 21.7. The summed E-state index contributed by atoms with van der Waals surface area (Å²) in [5.41, 5.74) is 2.07. The molecule has 1 aromatic rings. The average molecular weight is 310 g/mol. The Kier molecular flexibility index (Phi) is 7.20. The molecule has 1 atom stereocenters. The van der Waals surface area contributed by atoms with Crippen LogP contribution in [0.2, 0.25) is 0 Å². The van der Waals surface area contributed by atoms with E-state index >= 15 is 0 Å². The van der Waals surface area contributed by atoms with Gasteiger partial charge in [0.1, 0.15) is 14.7 Å². The van der Waals surface area contributed by atoms with Crippen LogP contribution in [0.5, 0.6) is 0 Å².